The van der Waals surface area contributed by atoms with Crippen LogP contribution in [0.3, 0.4) is 0 Å². The smallest absolute Gasteiger partial charge is 0.269 e. The number of nitro benzene ring substituents is 1. The highest BCUT2D eigenvalue weighted by Crippen LogP contribution is 2.13. The average molecular weight is 268 g/mol. The van der Waals surface area contributed by atoms with Crippen molar-refractivity contribution in [2.45, 2.75) is 0 Å². The van der Waals surface area contributed by atoms with Crippen molar-refractivity contribution < 1.29 is 9.72 Å². The van der Waals surface area contributed by atoms with E-state index in [1.165, 1.54) is 18.2 Å². The van der Waals surface area contributed by atoms with Gasteiger partial charge in [0.2, 0.25) is 0 Å². The number of anilines is 1. The van der Waals surface area contributed by atoms with Crippen LogP contribution in [-0.2, 0) is 0 Å². The summed E-state index contributed by atoms with van der Waals surface area (Å²) in [5, 5.41) is 10.5. The lowest BCUT2D eigenvalue weighted by atomic mass is 10.1. The van der Waals surface area contributed by atoms with Crippen LogP contribution in [0, 0.1) is 10.1 Å². The zero-order valence-corrected chi connectivity index (χ0v) is 10.5. The normalized spacial score (nSPS) is 10.6. The van der Waals surface area contributed by atoms with Crippen LogP contribution < -0.4 is 5.73 Å². The van der Waals surface area contributed by atoms with Gasteiger partial charge in [0, 0.05) is 23.4 Å². The van der Waals surface area contributed by atoms with Gasteiger partial charge in [0.1, 0.15) is 0 Å². The van der Waals surface area contributed by atoms with E-state index in [4.69, 9.17) is 5.73 Å². The molecule has 2 aromatic rings. The number of nitrogen functional groups attached to an aromatic ring is 1. The highest BCUT2D eigenvalue weighted by Gasteiger charge is 2.03. The van der Waals surface area contributed by atoms with E-state index in [-0.39, 0.29) is 11.5 Å². The number of hydrogen-bond donors (Lipinski definition) is 1. The molecule has 0 atom stereocenters. The van der Waals surface area contributed by atoms with Gasteiger partial charge in [-0.2, -0.15) is 0 Å². The SMILES string of the molecule is Nc1ccc(C(=O)/C=C/c2ccc([N+](=O)[O-])cc2)cc1. The van der Waals surface area contributed by atoms with Gasteiger partial charge < -0.3 is 5.73 Å². The molecule has 20 heavy (non-hydrogen) atoms. The summed E-state index contributed by atoms with van der Waals surface area (Å²) >= 11 is 0. The molecule has 0 aromatic heterocycles. The first-order valence-corrected chi connectivity index (χ1v) is 5.88. The van der Waals surface area contributed by atoms with E-state index >= 15 is 0 Å². The molecule has 2 rings (SSSR count). The number of ketones is 1. The van der Waals surface area contributed by atoms with Crippen LogP contribution in [0.2, 0.25) is 0 Å². The Morgan fingerprint density at radius 3 is 2.20 bits per heavy atom. The van der Waals surface area contributed by atoms with Gasteiger partial charge in [0.15, 0.2) is 5.78 Å². The van der Waals surface area contributed by atoms with Gasteiger partial charge in [-0.15, -0.1) is 0 Å². The first kappa shape index (κ1) is 13.5. The minimum atomic E-state index is -0.465. The lowest BCUT2D eigenvalue weighted by Crippen LogP contribution is -1.94. The van der Waals surface area contributed by atoms with Crippen LogP contribution in [0.15, 0.2) is 54.6 Å². The number of benzene rings is 2. The maximum Gasteiger partial charge on any atom is 0.269 e. The van der Waals surface area contributed by atoms with Gasteiger partial charge in [-0.3, -0.25) is 14.9 Å². The summed E-state index contributed by atoms with van der Waals surface area (Å²) in [7, 11) is 0. The molecule has 2 aromatic carbocycles. The van der Waals surface area contributed by atoms with Crippen LogP contribution in [0.5, 0.6) is 0 Å². The van der Waals surface area contributed by atoms with Crippen molar-refractivity contribution >= 4 is 23.2 Å². The Labute approximate surface area is 115 Å². The van der Waals surface area contributed by atoms with Crippen molar-refractivity contribution in [1.29, 1.82) is 0 Å². The quantitative estimate of drug-likeness (QED) is 0.303. The molecule has 0 saturated heterocycles. The Bertz CT molecular complexity index is 659. The molecule has 5 heteroatoms. The summed E-state index contributed by atoms with van der Waals surface area (Å²) in [4.78, 5) is 21.9. The Morgan fingerprint density at radius 2 is 1.65 bits per heavy atom. The van der Waals surface area contributed by atoms with Gasteiger partial charge in [0.25, 0.3) is 5.69 Å². The zero-order chi connectivity index (χ0) is 14.5. The maximum absolute atomic E-state index is 11.9. The number of rotatable bonds is 4. The Morgan fingerprint density at radius 1 is 1.05 bits per heavy atom. The number of hydrogen-bond acceptors (Lipinski definition) is 4. The first-order chi connectivity index (χ1) is 9.56. The van der Waals surface area contributed by atoms with Crippen LogP contribution in [0.4, 0.5) is 11.4 Å². The van der Waals surface area contributed by atoms with E-state index in [9.17, 15) is 14.9 Å². The van der Waals surface area contributed by atoms with Gasteiger partial charge in [0.05, 0.1) is 4.92 Å². The van der Waals surface area contributed by atoms with Crippen LogP contribution >= 0.6 is 0 Å². The molecule has 0 unspecified atom stereocenters. The summed E-state index contributed by atoms with van der Waals surface area (Å²) < 4.78 is 0. The second kappa shape index (κ2) is 5.79. The summed E-state index contributed by atoms with van der Waals surface area (Å²) in [5.74, 6) is -0.150. The van der Waals surface area contributed by atoms with Crippen molar-refractivity contribution in [3.05, 3.63) is 75.8 Å². The number of non-ortho nitro benzene ring substituents is 1. The average Bonchev–Trinajstić information content (AvgIpc) is 2.46. The summed E-state index contributed by atoms with van der Waals surface area (Å²) in [6.45, 7) is 0. The fourth-order valence-electron chi connectivity index (χ4n) is 1.62. The fraction of sp³-hybridized carbons (Fsp3) is 0. The lowest BCUT2D eigenvalue weighted by molar-refractivity contribution is -0.384. The number of carbonyl (C=O) groups is 1. The Balaban J connectivity index is 2.10. The lowest BCUT2D eigenvalue weighted by Gasteiger charge is -1.97. The van der Waals surface area contributed by atoms with Gasteiger partial charge in [-0.25, -0.2) is 0 Å². The molecular weight excluding hydrogens is 256 g/mol. The molecular formula is C15H12N2O3. The fourth-order valence-corrected chi connectivity index (χ4v) is 1.62. The number of nitro groups is 1. The monoisotopic (exact) mass is 268 g/mol. The van der Waals surface area contributed by atoms with Crippen LogP contribution in [0.1, 0.15) is 15.9 Å². The Kier molecular flexibility index (Phi) is 3.91. The maximum atomic E-state index is 11.9. The van der Waals surface area contributed by atoms with Crippen molar-refractivity contribution in [3.8, 4) is 0 Å². The van der Waals surface area contributed by atoms with Gasteiger partial charge >= 0.3 is 0 Å². The third-order valence-electron chi connectivity index (χ3n) is 2.73. The summed E-state index contributed by atoms with van der Waals surface area (Å²) in [5.41, 5.74) is 7.43. The van der Waals surface area contributed by atoms with Crippen LogP contribution in [-0.4, -0.2) is 10.7 Å². The molecule has 0 aliphatic carbocycles. The van der Waals surface area contributed by atoms with Crippen LogP contribution in [0.25, 0.3) is 6.08 Å². The van der Waals surface area contributed by atoms with Crippen molar-refractivity contribution in [3.63, 3.8) is 0 Å². The molecule has 0 aliphatic rings. The zero-order valence-electron chi connectivity index (χ0n) is 10.5. The minimum Gasteiger partial charge on any atom is -0.399 e. The molecule has 0 heterocycles. The second-order valence-electron chi connectivity index (χ2n) is 4.17. The third-order valence-corrected chi connectivity index (χ3v) is 2.73. The van der Waals surface area contributed by atoms with E-state index in [1.54, 1.807) is 42.5 Å². The topological polar surface area (TPSA) is 86.2 Å². The van der Waals surface area contributed by atoms with E-state index in [2.05, 4.69) is 0 Å². The van der Waals surface area contributed by atoms with E-state index in [1.807, 2.05) is 0 Å². The van der Waals surface area contributed by atoms with Gasteiger partial charge in [-0.05, 0) is 48.0 Å². The third kappa shape index (κ3) is 3.29. The largest absolute Gasteiger partial charge is 0.399 e. The van der Waals surface area contributed by atoms with Crippen molar-refractivity contribution in [2.24, 2.45) is 0 Å². The standard InChI is InChI=1S/C15H12N2O3/c16-13-6-4-12(5-7-13)15(18)10-3-11-1-8-14(9-2-11)17(19)20/h1-10H,16H2/b10-3+. The predicted molar refractivity (Wildman–Crippen MR) is 77.3 cm³/mol. The number of carbonyl (C=O) groups excluding carboxylic acids is 1. The van der Waals surface area contributed by atoms with Gasteiger partial charge in [-0.1, -0.05) is 6.08 Å². The second-order valence-corrected chi connectivity index (χ2v) is 4.17. The molecule has 2 N–H and O–H groups in total. The van der Waals surface area contributed by atoms with E-state index in [0.717, 1.165) is 5.56 Å². The highest BCUT2D eigenvalue weighted by molar-refractivity contribution is 6.06. The number of nitrogens with zero attached hydrogens (tertiary/aromatic N) is 1. The molecule has 0 amide bonds. The Hall–Kier alpha value is -2.95. The molecule has 5 nitrogen and oxygen atoms in total. The highest BCUT2D eigenvalue weighted by atomic mass is 16.6. The summed E-state index contributed by atoms with van der Waals surface area (Å²) in [6.07, 6.45) is 3.04. The molecule has 100 valence electrons. The molecule has 0 fully saturated rings. The van der Waals surface area contributed by atoms with E-state index in [0.29, 0.717) is 11.3 Å². The molecule has 0 aliphatic heterocycles. The molecule has 0 spiro atoms. The minimum absolute atomic E-state index is 0.0204. The molecule has 0 radical (unpaired) electrons. The molecule has 0 saturated carbocycles. The number of nitrogens with two attached hydrogens (primary N) is 1. The first-order valence-electron chi connectivity index (χ1n) is 5.88. The van der Waals surface area contributed by atoms with Crippen molar-refractivity contribution in [1.82, 2.24) is 0 Å². The van der Waals surface area contributed by atoms with Crippen molar-refractivity contribution in [2.75, 3.05) is 5.73 Å². The molecule has 0 bridgehead atoms. The van der Waals surface area contributed by atoms with E-state index < -0.39 is 4.92 Å². The number of allylic oxidation sites excluding steroid dienone is 1. The predicted octanol–water partition coefficient (Wildman–Crippen LogP) is 3.07. The summed E-state index contributed by atoms with van der Waals surface area (Å²) in [6, 6.07) is 12.6.